The summed E-state index contributed by atoms with van der Waals surface area (Å²) in [6.07, 6.45) is 4.73. The van der Waals surface area contributed by atoms with Crippen molar-refractivity contribution >= 4 is 38.4 Å². The van der Waals surface area contributed by atoms with Crippen LogP contribution in [0.2, 0.25) is 0 Å². The second kappa shape index (κ2) is 9.88. The molecule has 3 atom stereocenters. The van der Waals surface area contributed by atoms with Crippen molar-refractivity contribution in [2.45, 2.75) is 57.8 Å². The number of pyridine rings is 2. The van der Waals surface area contributed by atoms with Gasteiger partial charge in [0.25, 0.3) is 5.91 Å². The highest BCUT2D eigenvalue weighted by Crippen LogP contribution is 2.40. The van der Waals surface area contributed by atoms with Gasteiger partial charge in [0.05, 0.1) is 24.8 Å². The maximum atomic E-state index is 13.8. The van der Waals surface area contributed by atoms with E-state index in [-0.39, 0.29) is 28.1 Å². The average Bonchev–Trinajstić information content (AvgIpc) is 3.36. The molecule has 1 amide bonds. The molecule has 0 radical (unpaired) electrons. The summed E-state index contributed by atoms with van der Waals surface area (Å²) in [5.41, 5.74) is 9.86. The number of piperidine rings is 1. The first-order valence-corrected chi connectivity index (χ1v) is 16.2. The molecule has 43 heavy (non-hydrogen) atoms. The van der Waals surface area contributed by atoms with Crippen LogP contribution >= 0.6 is 0 Å². The minimum Gasteiger partial charge on any atom is -0.482 e. The van der Waals surface area contributed by atoms with Crippen LogP contribution in [0.3, 0.4) is 0 Å². The number of alkyl halides is 2. The molecule has 3 fully saturated rings. The van der Waals surface area contributed by atoms with Crippen LogP contribution in [0.1, 0.15) is 41.7 Å². The second-order valence-electron chi connectivity index (χ2n) is 12.0. The number of hydrogen-bond donors (Lipinski definition) is 1. The summed E-state index contributed by atoms with van der Waals surface area (Å²) >= 11 is 0. The molecule has 1 saturated heterocycles. The van der Waals surface area contributed by atoms with Crippen molar-refractivity contribution in [2.75, 3.05) is 24.2 Å². The molecule has 0 aromatic carbocycles. The Bertz CT molecular complexity index is 1880. The number of fused-ring (bicyclic) bond motifs is 4. The molecule has 2 saturated carbocycles. The maximum absolute atomic E-state index is 13.8. The largest absolute Gasteiger partial charge is 0.482 e. The number of nitrogens with zero attached hydrogens (tertiary/aromatic N) is 6. The molecule has 14 heteroatoms. The van der Waals surface area contributed by atoms with Crippen LogP contribution in [0.4, 0.5) is 14.6 Å². The van der Waals surface area contributed by atoms with Gasteiger partial charge in [-0.2, -0.15) is 13.1 Å². The van der Waals surface area contributed by atoms with E-state index < -0.39 is 16.6 Å². The molecule has 4 aromatic rings. The first-order chi connectivity index (χ1) is 20.5. The van der Waals surface area contributed by atoms with Crippen molar-refractivity contribution in [3.05, 3.63) is 41.6 Å². The Morgan fingerprint density at radius 3 is 2.53 bits per heavy atom. The topological polar surface area (TPSA) is 128 Å². The summed E-state index contributed by atoms with van der Waals surface area (Å²) in [7, 11) is -2.72. The first kappa shape index (κ1) is 28.0. The molecule has 0 spiro atoms. The first-order valence-electron chi connectivity index (χ1n) is 14.4. The summed E-state index contributed by atoms with van der Waals surface area (Å²) in [6.45, 7) is -0.148. The van der Waals surface area contributed by atoms with Gasteiger partial charge in [0.15, 0.2) is 5.88 Å². The highest BCUT2D eigenvalue weighted by Gasteiger charge is 2.47. The number of imidazole rings is 1. The molecule has 228 valence electrons. The second-order valence-corrected chi connectivity index (χ2v) is 13.8. The van der Waals surface area contributed by atoms with Gasteiger partial charge < -0.3 is 19.9 Å². The van der Waals surface area contributed by atoms with Crippen LogP contribution in [-0.2, 0) is 16.6 Å². The number of aromatic nitrogens is 4. The van der Waals surface area contributed by atoms with Crippen molar-refractivity contribution < 1.29 is 26.7 Å². The summed E-state index contributed by atoms with van der Waals surface area (Å²) < 4.78 is 61.5. The monoisotopic (exact) mass is 613 g/mol. The number of rotatable bonds is 8. The van der Waals surface area contributed by atoms with Crippen LogP contribution in [0, 0.1) is 18.8 Å². The van der Waals surface area contributed by atoms with Crippen molar-refractivity contribution in [2.24, 2.45) is 17.6 Å². The number of halogens is 2. The number of anilines is 1. The van der Waals surface area contributed by atoms with Crippen LogP contribution in [0.15, 0.2) is 30.3 Å². The summed E-state index contributed by atoms with van der Waals surface area (Å²) in [5.74, 6) is 0.724. The van der Waals surface area contributed by atoms with E-state index in [1.807, 2.05) is 26.9 Å². The van der Waals surface area contributed by atoms with Gasteiger partial charge in [-0.15, -0.1) is 0 Å². The number of ether oxygens (including phenoxy) is 1. The molecule has 0 unspecified atom stereocenters. The van der Waals surface area contributed by atoms with Crippen molar-refractivity contribution in [1.29, 1.82) is 0 Å². The summed E-state index contributed by atoms with van der Waals surface area (Å²) in [6, 6.07) is 8.30. The zero-order valence-corrected chi connectivity index (χ0v) is 24.9. The molecule has 2 bridgehead atoms. The Morgan fingerprint density at radius 1 is 1.16 bits per heavy atom. The molecule has 2 aliphatic carbocycles. The number of likely N-dealkylation sites (tertiary alicyclic amines) is 1. The lowest BCUT2D eigenvalue weighted by Gasteiger charge is -2.27. The number of amides is 1. The molecule has 2 N–H and O–H groups in total. The van der Waals surface area contributed by atoms with E-state index in [1.54, 1.807) is 25.3 Å². The number of carbonyl (C=O) groups excluding carboxylic acids is 1. The van der Waals surface area contributed by atoms with E-state index in [1.165, 1.54) is 6.07 Å². The van der Waals surface area contributed by atoms with Gasteiger partial charge >= 0.3 is 6.55 Å². The highest BCUT2D eigenvalue weighted by atomic mass is 32.2. The predicted octanol–water partition coefficient (Wildman–Crippen LogP) is 3.63. The van der Waals surface area contributed by atoms with Crippen LogP contribution in [0.5, 0.6) is 5.88 Å². The van der Waals surface area contributed by atoms with Gasteiger partial charge in [0.2, 0.25) is 10.0 Å². The summed E-state index contributed by atoms with van der Waals surface area (Å²) in [4.78, 5) is 24.9. The molecular weight excluding hydrogens is 580 g/mol. The van der Waals surface area contributed by atoms with Gasteiger partial charge in [-0.25, -0.2) is 18.4 Å². The lowest BCUT2D eigenvalue weighted by atomic mass is 10.1. The third-order valence-electron chi connectivity index (χ3n) is 9.16. The number of aryl methyl sites for hydroxylation is 1. The quantitative estimate of drug-likeness (QED) is 0.301. The highest BCUT2D eigenvalue weighted by molar-refractivity contribution is 7.92. The van der Waals surface area contributed by atoms with Crippen molar-refractivity contribution in [1.82, 2.24) is 23.8 Å². The fraction of sp³-hybridized carbons (Fsp3) is 0.483. The van der Waals surface area contributed by atoms with Crippen LogP contribution < -0.4 is 14.8 Å². The number of carbonyl (C=O) groups is 1. The molecule has 7 rings (SSSR count). The van der Waals surface area contributed by atoms with E-state index in [0.29, 0.717) is 64.4 Å². The van der Waals surface area contributed by atoms with Gasteiger partial charge in [0.1, 0.15) is 22.8 Å². The van der Waals surface area contributed by atoms with Crippen LogP contribution in [0.25, 0.3) is 28.1 Å². The fourth-order valence-corrected chi connectivity index (χ4v) is 7.57. The molecule has 1 aliphatic heterocycles. The van der Waals surface area contributed by atoms with E-state index >= 15 is 0 Å². The van der Waals surface area contributed by atoms with E-state index in [2.05, 4.69) is 4.98 Å². The Hall–Kier alpha value is -3.78. The zero-order chi connectivity index (χ0) is 30.4. The molecule has 3 aliphatic rings. The van der Waals surface area contributed by atoms with E-state index in [9.17, 15) is 22.0 Å². The predicted molar refractivity (Wildman–Crippen MR) is 157 cm³/mol. The van der Waals surface area contributed by atoms with Crippen LogP contribution in [-0.4, -0.2) is 76.7 Å². The number of sulfonamides is 1. The smallest absolute Gasteiger partial charge is 0.329 e. The molecular formula is C29H33F2N7O4S. The number of nitrogens with two attached hydrogens (primary N) is 1. The van der Waals surface area contributed by atoms with Gasteiger partial charge in [-0.3, -0.25) is 9.20 Å². The van der Waals surface area contributed by atoms with E-state index in [0.717, 1.165) is 37.6 Å². The van der Waals surface area contributed by atoms with E-state index in [4.69, 9.17) is 15.5 Å². The Kier molecular flexibility index (Phi) is 6.43. The molecule has 11 nitrogen and oxygen atoms in total. The molecule has 5 heterocycles. The number of methoxy groups -OCH3 is 1. The maximum Gasteiger partial charge on any atom is 0.329 e. The van der Waals surface area contributed by atoms with Gasteiger partial charge in [-0.1, -0.05) is 0 Å². The SMILES string of the molecule is COc1cc(C(=O)N2C[C@H]3CC[C@@H]2[C@@H]3N)cc2nc(-c3cc4ccc(N(C(F)F)S(C)(=O)=O)nc4n3CC3CC3)c(C)n12. The Balaban J connectivity index is 1.35. The third kappa shape index (κ3) is 4.53. The summed E-state index contributed by atoms with van der Waals surface area (Å²) in [5, 5.41) is 0.668. The Labute approximate surface area is 247 Å². The molecule has 4 aromatic heterocycles. The third-order valence-corrected chi connectivity index (χ3v) is 10.2. The van der Waals surface area contributed by atoms with Gasteiger partial charge in [0, 0.05) is 42.2 Å². The Morgan fingerprint density at radius 2 is 1.93 bits per heavy atom. The lowest BCUT2D eigenvalue weighted by Crippen LogP contribution is -2.41. The van der Waals surface area contributed by atoms with Gasteiger partial charge in [-0.05, 0) is 68.7 Å². The normalized spacial score (nSPS) is 21.9. The minimum absolute atomic E-state index is 0.00238. The lowest BCUT2D eigenvalue weighted by molar-refractivity contribution is 0.0700. The number of hydrogen-bond acceptors (Lipinski definition) is 7. The van der Waals surface area contributed by atoms with Crippen molar-refractivity contribution in [3.63, 3.8) is 0 Å². The fourth-order valence-electron chi connectivity index (χ4n) is 6.84. The average molecular weight is 614 g/mol. The zero-order valence-electron chi connectivity index (χ0n) is 24.1. The standard InChI is InChI=1S/C29H33F2N7O4S/c1-15-26(33-23-11-19(12-24(42-2)37(15)23)28(39)36-14-18-6-8-20(36)25(18)32)21-10-17-7-9-22(38(29(30)31)43(3,40)41)34-27(17)35(21)13-16-4-5-16/h7,9-12,16,18,20,25,29H,4-6,8,13-14,32H2,1-3H3/t18-,20-,25-/m1/s1. The van der Waals surface area contributed by atoms with Crippen molar-refractivity contribution in [3.8, 4) is 17.3 Å². The minimum atomic E-state index is -4.27.